The van der Waals surface area contributed by atoms with E-state index in [1.807, 2.05) is 29.2 Å². The largest absolute Gasteiger partial charge is 0.338 e. The molecule has 3 aromatic rings. The molecular formula is C22H20N4O2S. The highest BCUT2D eigenvalue weighted by Crippen LogP contribution is 2.27. The third kappa shape index (κ3) is 3.78. The number of nitrogens with zero attached hydrogens (tertiary/aromatic N) is 3. The Morgan fingerprint density at radius 1 is 1.28 bits per heavy atom. The molecule has 2 aliphatic heterocycles. The van der Waals surface area contributed by atoms with E-state index in [0.29, 0.717) is 24.6 Å². The molecule has 29 heavy (non-hydrogen) atoms. The first-order valence-corrected chi connectivity index (χ1v) is 10.6. The van der Waals surface area contributed by atoms with Gasteiger partial charge in [-0.2, -0.15) is 0 Å². The lowest BCUT2D eigenvalue weighted by Gasteiger charge is -2.38. The maximum Gasteiger partial charge on any atom is 0.246 e. The smallest absolute Gasteiger partial charge is 0.246 e. The standard InChI is InChI=1S/C22H20N4O2S/c27-19-7-6-16-9-14(11-23-22(16)25-19)5-8-21(28)26-12-15(13-26)10-20-24-17-3-1-2-4-18(17)29-20/h1-5,8-9,11,15H,6-7,10,12-13H2,(H,23,25,27)/b8-5+. The topological polar surface area (TPSA) is 75.2 Å². The molecule has 0 aliphatic carbocycles. The zero-order valence-corrected chi connectivity index (χ0v) is 16.6. The van der Waals surface area contributed by atoms with Crippen molar-refractivity contribution < 1.29 is 9.59 Å². The number of para-hydroxylation sites is 1. The molecule has 4 heterocycles. The molecule has 0 unspecified atom stereocenters. The molecule has 0 bridgehead atoms. The summed E-state index contributed by atoms with van der Waals surface area (Å²) in [7, 11) is 0. The lowest BCUT2D eigenvalue weighted by atomic mass is 9.96. The normalized spacial score (nSPS) is 16.7. The summed E-state index contributed by atoms with van der Waals surface area (Å²) >= 11 is 1.74. The summed E-state index contributed by atoms with van der Waals surface area (Å²) in [5, 5.41) is 3.91. The van der Waals surface area contributed by atoms with Crippen molar-refractivity contribution in [2.45, 2.75) is 19.3 Å². The number of amides is 2. The number of pyridine rings is 1. The average molecular weight is 404 g/mol. The summed E-state index contributed by atoms with van der Waals surface area (Å²) < 4.78 is 1.22. The molecule has 1 aromatic carbocycles. The Morgan fingerprint density at radius 2 is 2.14 bits per heavy atom. The van der Waals surface area contributed by atoms with Gasteiger partial charge in [0.1, 0.15) is 5.82 Å². The number of fused-ring (bicyclic) bond motifs is 2. The number of hydrogen-bond donors (Lipinski definition) is 1. The van der Waals surface area contributed by atoms with E-state index >= 15 is 0 Å². The van der Waals surface area contributed by atoms with Crippen LogP contribution in [0.2, 0.25) is 0 Å². The van der Waals surface area contributed by atoms with Gasteiger partial charge in [-0.15, -0.1) is 11.3 Å². The maximum atomic E-state index is 12.4. The minimum absolute atomic E-state index is 0.00153. The van der Waals surface area contributed by atoms with Crippen molar-refractivity contribution in [1.82, 2.24) is 14.9 Å². The molecule has 5 rings (SSSR count). The summed E-state index contributed by atoms with van der Waals surface area (Å²) in [6.07, 6.45) is 7.17. The Balaban J connectivity index is 1.16. The molecule has 146 valence electrons. The first-order chi connectivity index (χ1) is 14.1. The van der Waals surface area contributed by atoms with Gasteiger partial charge in [-0.3, -0.25) is 9.59 Å². The number of nitrogens with one attached hydrogen (secondary N) is 1. The number of carbonyl (C=O) groups is 2. The third-order valence-corrected chi connectivity index (χ3v) is 6.41. The second-order valence-electron chi connectivity index (χ2n) is 7.55. The average Bonchev–Trinajstić information content (AvgIpc) is 3.11. The predicted octanol–water partition coefficient (Wildman–Crippen LogP) is 3.29. The van der Waals surface area contributed by atoms with E-state index in [1.54, 1.807) is 29.7 Å². The third-order valence-electron chi connectivity index (χ3n) is 5.36. The molecule has 1 fully saturated rings. The van der Waals surface area contributed by atoms with Crippen LogP contribution < -0.4 is 5.32 Å². The SMILES string of the molecule is O=C1CCc2cc(/C=C/C(=O)N3CC(Cc4nc5ccccc5s4)C3)cnc2N1. The van der Waals surface area contributed by atoms with Crippen molar-refractivity contribution in [2.24, 2.45) is 5.92 Å². The van der Waals surface area contributed by atoms with Gasteiger partial charge in [0.25, 0.3) is 0 Å². The van der Waals surface area contributed by atoms with Crippen LogP contribution in [0.15, 0.2) is 42.6 Å². The zero-order valence-electron chi connectivity index (χ0n) is 15.8. The van der Waals surface area contributed by atoms with E-state index in [2.05, 4.69) is 21.4 Å². The maximum absolute atomic E-state index is 12.4. The molecule has 6 nitrogen and oxygen atoms in total. The summed E-state index contributed by atoms with van der Waals surface area (Å²) in [5.41, 5.74) is 2.94. The van der Waals surface area contributed by atoms with Crippen molar-refractivity contribution in [1.29, 1.82) is 0 Å². The van der Waals surface area contributed by atoms with Crippen LogP contribution in [0.1, 0.15) is 22.6 Å². The van der Waals surface area contributed by atoms with E-state index in [1.165, 1.54) is 4.70 Å². The summed E-state index contributed by atoms with van der Waals surface area (Å²) in [6, 6.07) is 10.2. The second-order valence-corrected chi connectivity index (χ2v) is 8.66. The van der Waals surface area contributed by atoms with Crippen molar-refractivity contribution >= 4 is 45.3 Å². The summed E-state index contributed by atoms with van der Waals surface area (Å²) in [5.74, 6) is 1.13. The quantitative estimate of drug-likeness (QED) is 0.677. The fourth-order valence-electron chi connectivity index (χ4n) is 3.77. The highest BCUT2D eigenvalue weighted by atomic mass is 32.1. The minimum Gasteiger partial charge on any atom is -0.338 e. The zero-order chi connectivity index (χ0) is 19.8. The predicted molar refractivity (Wildman–Crippen MR) is 114 cm³/mol. The molecule has 0 radical (unpaired) electrons. The van der Waals surface area contributed by atoms with Crippen molar-refractivity contribution in [3.8, 4) is 0 Å². The van der Waals surface area contributed by atoms with Gasteiger partial charge in [-0.1, -0.05) is 12.1 Å². The van der Waals surface area contributed by atoms with Gasteiger partial charge in [0, 0.05) is 44.1 Å². The number of hydrogen-bond acceptors (Lipinski definition) is 5. The van der Waals surface area contributed by atoms with Gasteiger partial charge in [0.15, 0.2) is 0 Å². The van der Waals surface area contributed by atoms with Crippen LogP contribution in [-0.4, -0.2) is 39.8 Å². The number of benzene rings is 1. The highest BCUT2D eigenvalue weighted by Gasteiger charge is 2.30. The van der Waals surface area contributed by atoms with E-state index in [-0.39, 0.29) is 11.8 Å². The molecule has 0 saturated carbocycles. The van der Waals surface area contributed by atoms with Crippen LogP contribution in [0.5, 0.6) is 0 Å². The van der Waals surface area contributed by atoms with Crippen LogP contribution in [0.3, 0.4) is 0 Å². The molecule has 7 heteroatoms. The lowest BCUT2D eigenvalue weighted by molar-refractivity contribution is -0.132. The Morgan fingerprint density at radius 3 is 3.00 bits per heavy atom. The van der Waals surface area contributed by atoms with Crippen LogP contribution in [0.4, 0.5) is 5.82 Å². The Bertz CT molecular complexity index is 1100. The first-order valence-electron chi connectivity index (χ1n) is 9.74. The highest BCUT2D eigenvalue weighted by molar-refractivity contribution is 7.18. The fourth-order valence-corrected chi connectivity index (χ4v) is 4.85. The number of aromatic nitrogens is 2. The van der Waals surface area contributed by atoms with Gasteiger partial charge >= 0.3 is 0 Å². The summed E-state index contributed by atoms with van der Waals surface area (Å²) in [6.45, 7) is 1.54. The molecule has 1 saturated heterocycles. The fraction of sp³-hybridized carbons (Fsp3) is 0.273. The lowest BCUT2D eigenvalue weighted by Crippen LogP contribution is -2.50. The number of likely N-dealkylation sites (tertiary alicyclic amines) is 1. The van der Waals surface area contributed by atoms with E-state index in [0.717, 1.165) is 41.2 Å². The van der Waals surface area contributed by atoms with E-state index < -0.39 is 0 Å². The van der Waals surface area contributed by atoms with Gasteiger partial charge < -0.3 is 10.2 Å². The molecule has 2 aliphatic rings. The Hall–Kier alpha value is -3.06. The van der Waals surface area contributed by atoms with Crippen molar-refractivity contribution in [2.75, 3.05) is 18.4 Å². The Kier molecular flexibility index (Phi) is 4.60. The number of carbonyl (C=O) groups excluding carboxylic acids is 2. The molecule has 0 atom stereocenters. The molecule has 1 N–H and O–H groups in total. The van der Waals surface area contributed by atoms with Crippen LogP contribution in [-0.2, 0) is 22.4 Å². The monoisotopic (exact) mass is 404 g/mol. The molecular weight excluding hydrogens is 384 g/mol. The van der Waals surface area contributed by atoms with Crippen LogP contribution in [0, 0.1) is 5.92 Å². The van der Waals surface area contributed by atoms with Crippen molar-refractivity contribution in [3.05, 3.63) is 58.7 Å². The number of thiazole rings is 1. The first kappa shape index (κ1) is 18.0. The van der Waals surface area contributed by atoms with Gasteiger partial charge in [0.2, 0.25) is 11.8 Å². The van der Waals surface area contributed by atoms with Crippen LogP contribution in [0.25, 0.3) is 16.3 Å². The van der Waals surface area contributed by atoms with E-state index in [4.69, 9.17) is 0 Å². The Labute approximate surface area is 172 Å². The van der Waals surface area contributed by atoms with Crippen LogP contribution >= 0.6 is 11.3 Å². The number of rotatable bonds is 4. The van der Waals surface area contributed by atoms with E-state index in [9.17, 15) is 9.59 Å². The number of aryl methyl sites for hydroxylation is 1. The van der Waals surface area contributed by atoms with Gasteiger partial charge in [-0.25, -0.2) is 9.97 Å². The van der Waals surface area contributed by atoms with Gasteiger partial charge in [-0.05, 0) is 41.8 Å². The minimum atomic E-state index is 0.00153. The molecule has 2 aromatic heterocycles. The summed E-state index contributed by atoms with van der Waals surface area (Å²) in [4.78, 5) is 34.7. The number of anilines is 1. The molecule has 2 amide bonds. The van der Waals surface area contributed by atoms with Crippen molar-refractivity contribution in [3.63, 3.8) is 0 Å². The van der Waals surface area contributed by atoms with Gasteiger partial charge in [0.05, 0.1) is 15.2 Å². The second kappa shape index (κ2) is 7.40. The molecule has 0 spiro atoms.